The number of hydrogen-bond acceptors (Lipinski definition) is 5. The van der Waals surface area contributed by atoms with Crippen LogP contribution in [0.3, 0.4) is 0 Å². The molecule has 0 saturated carbocycles. The smallest absolute Gasteiger partial charge is 0.299 e. The van der Waals surface area contributed by atoms with Gasteiger partial charge in [-0.1, -0.05) is 0 Å². The summed E-state index contributed by atoms with van der Waals surface area (Å²) in [7, 11) is 1.48. The number of hydrogen-bond donors (Lipinski definition) is 1. The maximum Gasteiger partial charge on any atom is 0.299 e. The van der Waals surface area contributed by atoms with E-state index < -0.39 is 0 Å². The molecule has 0 radical (unpaired) electrons. The molecule has 0 unspecified atom stereocenters. The molecule has 0 aliphatic carbocycles. The molecule has 2 aromatic rings. The van der Waals surface area contributed by atoms with Crippen LogP contribution in [0.5, 0.6) is 6.01 Å². The van der Waals surface area contributed by atoms with E-state index in [0.29, 0.717) is 17.1 Å². The molecular formula is C12H14N4O2. The highest BCUT2D eigenvalue weighted by Gasteiger charge is 2.08. The molecule has 0 fully saturated rings. The van der Waals surface area contributed by atoms with Gasteiger partial charge in [-0.15, -0.1) is 0 Å². The second-order valence-electron chi connectivity index (χ2n) is 3.89. The molecule has 0 bridgehead atoms. The van der Waals surface area contributed by atoms with Crippen molar-refractivity contribution in [3.05, 3.63) is 46.1 Å². The van der Waals surface area contributed by atoms with Crippen molar-refractivity contribution in [1.82, 2.24) is 14.5 Å². The number of nitrogens with two attached hydrogens (primary N) is 1. The Morgan fingerprint density at radius 3 is 2.89 bits per heavy atom. The molecule has 0 spiro atoms. The number of methoxy groups -OCH3 is 1. The van der Waals surface area contributed by atoms with E-state index in [1.165, 1.54) is 17.7 Å². The van der Waals surface area contributed by atoms with Crippen molar-refractivity contribution < 1.29 is 4.74 Å². The van der Waals surface area contributed by atoms with Crippen molar-refractivity contribution in [3.63, 3.8) is 0 Å². The van der Waals surface area contributed by atoms with Gasteiger partial charge >= 0.3 is 0 Å². The minimum absolute atomic E-state index is 0.177. The molecule has 2 heterocycles. The Balaban J connectivity index is 2.43. The molecule has 0 saturated heterocycles. The van der Waals surface area contributed by atoms with Crippen LogP contribution in [0.2, 0.25) is 0 Å². The Morgan fingerprint density at radius 1 is 1.44 bits per heavy atom. The predicted molar refractivity (Wildman–Crippen MR) is 67.5 cm³/mol. The maximum atomic E-state index is 11.9. The van der Waals surface area contributed by atoms with Crippen molar-refractivity contribution >= 4 is 5.69 Å². The zero-order valence-corrected chi connectivity index (χ0v) is 10.3. The van der Waals surface area contributed by atoms with Crippen LogP contribution >= 0.6 is 0 Å². The van der Waals surface area contributed by atoms with E-state index >= 15 is 0 Å². The first-order valence-electron chi connectivity index (χ1n) is 5.43. The van der Waals surface area contributed by atoms with Crippen LogP contribution in [0.25, 0.3) is 0 Å². The van der Waals surface area contributed by atoms with Gasteiger partial charge in [-0.25, -0.2) is 4.98 Å². The lowest BCUT2D eigenvalue weighted by Crippen LogP contribution is -2.23. The Bertz CT molecular complexity index is 622. The summed E-state index contributed by atoms with van der Waals surface area (Å²) in [6.07, 6.45) is 1.60. The molecule has 2 N–H and O–H groups in total. The Morgan fingerprint density at radius 2 is 2.22 bits per heavy atom. The summed E-state index contributed by atoms with van der Waals surface area (Å²) < 4.78 is 6.51. The Labute approximate surface area is 104 Å². The SMILES string of the molecule is COc1nc(C)cc(=O)n1Cc1cc(N)ccn1. The molecule has 2 rings (SSSR count). The third-order valence-corrected chi connectivity index (χ3v) is 2.44. The highest BCUT2D eigenvalue weighted by atomic mass is 16.5. The van der Waals surface area contributed by atoms with Gasteiger partial charge < -0.3 is 10.5 Å². The molecule has 0 aliphatic rings. The van der Waals surface area contributed by atoms with Crippen molar-refractivity contribution in [2.45, 2.75) is 13.5 Å². The van der Waals surface area contributed by atoms with Crippen LogP contribution in [0, 0.1) is 6.92 Å². The molecule has 2 aromatic heterocycles. The van der Waals surface area contributed by atoms with Gasteiger partial charge in [0.15, 0.2) is 0 Å². The fraction of sp³-hybridized carbons (Fsp3) is 0.250. The standard InChI is InChI=1S/C12H14N4O2/c1-8-5-11(17)16(12(15-8)18-2)7-10-6-9(13)3-4-14-10/h3-6H,7H2,1-2H3,(H2,13,14). The highest BCUT2D eigenvalue weighted by molar-refractivity contribution is 5.37. The molecular weight excluding hydrogens is 232 g/mol. The van der Waals surface area contributed by atoms with Gasteiger partial charge in [0.2, 0.25) is 0 Å². The van der Waals surface area contributed by atoms with E-state index in [1.54, 1.807) is 25.3 Å². The second-order valence-corrected chi connectivity index (χ2v) is 3.89. The fourth-order valence-corrected chi connectivity index (χ4v) is 1.64. The number of pyridine rings is 1. The lowest BCUT2D eigenvalue weighted by Gasteiger charge is -2.10. The minimum Gasteiger partial charge on any atom is -0.468 e. The monoisotopic (exact) mass is 246 g/mol. The first-order chi connectivity index (χ1) is 8.60. The molecule has 6 heteroatoms. The average Bonchev–Trinajstić information content (AvgIpc) is 2.32. The zero-order chi connectivity index (χ0) is 13.1. The molecule has 18 heavy (non-hydrogen) atoms. The van der Waals surface area contributed by atoms with Gasteiger partial charge in [0.05, 0.1) is 19.3 Å². The molecule has 94 valence electrons. The minimum atomic E-state index is -0.177. The molecule has 0 amide bonds. The van der Waals surface area contributed by atoms with E-state index in [4.69, 9.17) is 10.5 Å². The molecule has 0 aliphatic heterocycles. The van der Waals surface area contributed by atoms with Crippen molar-refractivity contribution in [2.75, 3.05) is 12.8 Å². The third-order valence-electron chi connectivity index (χ3n) is 2.44. The predicted octanol–water partition coefficient (Wildman–Crippen LogP) is 0.586. The van der Waals surface area contributed by atoms with Crippen LogP contribution in [0.1, 0.15) is 11.4 Å². The number of anilines is 1. The fourth-order valence-electron chi connectivity index (χ4n) is 1.64. The van der Waals surface area contributed by atoms with Gasteiger partial charge in [0.1, 0.15) is 0 Å². The van der Waals surface area contributed by atoms with E-state index in [-0.39, 0.29) is 18.1 Å². The Hall–Kier alpha value is -2.37. The van der Waals surface area contributed by atoms with Crippen molar-refractivity contribution in [2.24, 2.45) is 0 Å². The van der Waals surface area contributed by atoms with E-state index in [1.807, 2.05) is 0 Å². The summed E-state index contributed by atoms with van der Waals surface area (Å²) in [5.41, 5.74) is 7.40. The average molecular weight is 246 g/mol. The first kappa shape index (κ1) is 12.1. The van der Waals surface area contributed by atoms with Gasteiger partial charge in [-0.2, -0.15) is 0 Å². The summed E-state index contributed by atoms with van der Waals surface area (Å²) in [4.78, 5) is 20.2. The van der Waals surface area contributed by atoms with E-state index in [9.17, 15) is 4.79 Å². The number of nitrogens with zero attached hydrogens (tertiary/aromatic N) is 3. The lowest BCUT2D eigenvalue weighted by atomic mass is 10.3. The summed E-state index contributed by atoms with van der Waals surface area (Å²) in [5.74, 6) is 0. The van der Waals surface area contributed by atoms with Gasteiger partial charge in [-0.3, -0.25) is 14.3 Å². The normalized spacial score (nSPS) is 10.3. The van der Waals surface area contributed by atoms with Crippen LogP contribution in [-0.4, -0.2) is 21.6 Å². The second kappa shape index (κ2) is 4.87. The van der Waals surface area contributed by atoms with Gasteiger partial charge in [0.25, 0.3) is 11.6 Å². The summed E-state index contributed by atoms with van der Waals surface area (Å²) >= 11 is 0. The topological polar surface area (TPSA) is 83.0 Å². The molecule has 6 nitrogen and oxygen atoms in total. The number of nitrogen functional groups attached to an aromatic ring is 1. The highest BCUT2D eigenvalue weighted by Crippen LogP contribution is 2.09. The number of aromatic nitrogens is 3. The maximum absolute atomic E-state index is 11.9. The third kappa shape index (κ3) is 2.48. The summed E-state index contributed by atoms with van der Waals surface area (Å²) in [5, 5.41) is 0. The summed E-state index contributed by atoms with van der Waals surface area (Å²) in [6.45, 7) is 2.02. The molecule has 0 aromatic carbocycles. The van der Waals surface area contributed by atoms with Crippen LogP contribution in [-0.2, 0) is 6.54 Å². The van der Waals surface area contributed by atoms with Crippen LogP contribution in [0.4, 0.5) is 5.69 Å². The quantitative estimate of drug-likeness (QED) is 0.856. The van der Waals surface area contributed by atoms with Crippen molar-refractivity contribution in [3.8, 4) is 6.01 Å². The lowest BCUT2D eigenvalue weighted by molar-refractivity contribution is 0.349. The first-order valence-corrected chi connectivity index (χ1v) is 5.43. The largest absolute Gasteiger partial charge is 0.468 e. The van der Waals surface area contributed by atoms with Gasteiger partial charge in [-0.05, 0) is 19.1 Å². The number of aryl methyl sites for hydroxylation is 1. The number of ether oxygens (including phenoxy) is 1. The Kier molecular flexibility index (Phi) is 3.27. The zero-order valence-electron chi connectivity index (χ0n) is 10.3. The molecule has 0 atom stereocenters. The summed E-state index contributed by atoms with van der Waals surface area (Å²) in [6, 6.07) is 5.13. The van der Waals surface area contributed by atoms with E-state index in [0.717, 1.165) is 0 Å². The van der Waals surface area contributed by atoms with E-state index in [2.05, 4.69) is 9.97 Å². The van der Waals surface area contributed by atoms with Gasteiger partial charge in [0, 0.05) is 23.6 Å². The van der Waals surface area contributed by atoms with Crippen molar-refractivity contribution in [1.29, 1.82) is 0 Å². The number of rotatable bonds is 3. The van der Waals surface area contributed by atoms with Crippen LogP contribution < -0.4 is 16.0 Å². The van der Waals surface area contributed by atoms with Crippen LogP contribution in [0.15, 0.2) is 29.2 Å².